The molecule has 0 aromatic heterocycles. The molecule has 102 valence electrons. The Morgan fingerprint density at radius 1 is 1.47 bits per heavy atom. The van der Waals surface area contributed by atoms with E-state index in [1.807, 2.05) is 0 Å². The van der Waals surface area contributed by atoms with Gasteiger partial charge in [0.15, 0.2) is 0 Å². The van der Waals surface area contributed by atoms with E-state index in [0.717, 1.165) is 18.9 Å². The molecule has 0 saturated heterocycles. The smallest absolute Gasteiger partial charge is 0.329 e. The van der Waals surface area contributed by atoms with Crippen molar-refractivity contribution in [2.45, 2.75) is 25.3 Å². The van der Waals surface area contributed by atoms with E-state index in [-0.39, 0.29) is 17.2 Å². The summed E-state index contributed by atoms with van der Waals surface area (Å²) in [5.41, 5.74) is 3.83. The summed E-state index contributed by atoms with van der Waals surface area (Å²) in [7, 11) is 0. The maximum atomic E-state index is 13.3. The molecule has 0 aliphatic heterocycles. The van der Waals surface area contributed by atoms with Crippen LogP contribution in [0.15, 0.2) is 18.2 Å². The molecule has 1 saturated carbocycles. The van der Waals surface area contributed by atoms with E-state index >= 15 is 0 Å². The first kappa shape index (κ1) is 13.3. The van der Waals surface area contributed by atoms with E-state index in [2.05, 4.69) is 5.32 Å². The average Bonchev–Trinajstić information content (AvgIpc) is 3.16. The summed E-state index contributed by atoms with van der Waals surface area (Å²) in [6.45, 7) is 1.46. The molecule has 1 aliphatic rings. The van der Waals surface area contributed by atoms with Crippen molar-refractivity contribution < 1.29 is 19.1 Å². The molecule has 1 unspecified atom stereocenters. The molecule has 5 nitrogen and oxygen atoms in total. The molecule has 0 heterocycles. The summed E-state index contributed by atoms with van der Waals surface area (Å²) in [6, 6.07) is 3.86. The van der Waals surface area contributed by atoms with Gasteiger partial charge in [0.1, 0.15) is 11.4 Å². The quantitative estimate of drug-likeness (QED) is 0.718. The Labute approximate surface area is 109 Å². The number of nitrogens with two attached hydrogens (primary N) is 1. The van der Waals surface area contributed by atoms with Gasteiger partial charge < -0.3 is 16.2 Å². The molecular weight excluding hydrogens is 251 g/mol. The van der Waals surface area contributed by atoms with Crippen LogP contribution in [0.2, 0.25) is 0 Å². The van der Waals surface area contributed by atoms with Gasteiger partial charge in [-0.05, 0) is 37.8 Å². The molecule has 2 rings (SSSR count). The SMILES string of the molecule is CC(NC(=O)c1cccc(F)c1N)(C(=O)O)C1CC1. The zero-order chi connectivity index (χ0) is 14.2. The fourth-order valence-corrected chi connectivity index (χ4v) is 2.03. The van der Waals surface area contributed by atoms with Crippen LogP contribution in [0.1, 0.15) is 30.1 Å². The molecular formula is C13H15FN2O3. The van der Waals surface area contributed by atoms with Gasteiger partial charge in [0.25, 0.3) is 5.91 Å². The lowest BCUT2D eigenvalue weighted by Crippen LogP contribution is -2.54. The first-order valence-corrected chi connectivity index (χ1v) is 5.96. The summed E-state index contributed by atoms with van der Waals surface area (Å²) in [5.74, 6) is -2.56. The highest BCUT2D eigenvalue weighted by molar-refractivity contribution is 6.01. The van der Waals surface area contributed by atoms with Gasteiger partial charge in [0.05, 0.1) is 11.3 Å². The van der Waals surface area contributed by atoms with Crippen LogP contribution in [0.4, 0.5) is 10.1 Å². The predicted molar refractivity (Wildman–Crippen MR) is 67.0 cm³/mol. The second kappa shape index (κ2) is 4.53. The average molecular weight is 266 g/mol. The number of hydrogen-bond donors (Lipinski definition) is 3. The Kier molecular flexibility index (Phi) is 3.18. The van der Waals surface area contributed by atoms with Crippen LogP contribution in [-0.2, 0) is 4.79 Å². The van der Waals surface area contributed by atoms with E-state index in [1.54, 1.807) is 0 Å². The summed E-state index contributed by atoms with van der Waals surface area (Å²) >= 11 is 0. The molecule has 1 fully saturated rings. The van der Waals surface area contributed by atoms with Gasteiger partial charge >= 0.3 is 5.97 Å². The van der Waals surface area contributed by atoms with Crippen LogP contribution < -0.4 is 11.1 Å². The number of anilines is 1. The van der Waals surface area contributed by atoms with Crippen LogP contribution in [0.3, 0.4) is 0 Å². The second-order valence-corrected chi connectivity index (χ2v) is 4.94. The van der Waals surface area contributed by atoms with Crippen molar-refractivity contribution in [2.75, 3.05) is 5.73 Å². The normalized spacial score (nSPS) is 17.6. The van der Waals surface area contributed by atoms with Crippen LogP contribution >= 0.6 is 0 Å². The van der Waals surface area contributed by atoms with E-state index in [4.69, 9.17) is 5.73 Å². The van der Waals surface area contributed by atoms with Crippen LogP contribution in [-0.4, -0.2) is 22.5 Å². The first-order valence-electron chi connectivity index (χ1n) is 5.96. The van der Waals surface area contributed by atoms with Gasteiger partial charge in [-0.1, -0.05) is 6.07 Å². The van der Waals surface area contributed by atoms with Gasteiger partial charge in [-0.25, -0.2) is 9.18 Å². The van der Waals surface area contributed by atoms with E-state index in [9.17, 15) is 19.1 Å². The third-order valence-electron chi connectivity index (χ3n) is 3.51. The van der Waals surface area contributed by atoms with Gasteiger partial charge in [-0.15, -0.1) is 0 Å². The zero-order valence-corrected chi connectivity index (χ0v) is 10.4. The molecule has 1 atom stereocenters. The molecule has 1 aliphatic carbocycles. The number of carbonyl (C=O) groups excluding carboxylic acids is 1. The lowest BCUT2D eigenvalue weighted by Gasteiger charge is -2.26. The van der Waals surface area contributed by atoms with E-state index in [1.165, 1.54) is 19.1 Å². The number of hydrogen-bond acceptors (Lipinski definition) is 3. The molecule has 0 radical (unpaired) electrons. The summed E-state index contributed by atoms with van der Waals surface area (Å²) in [5, 5.41) is 11.7. The number of carbonyl (C=O) groups is 2. The van der Waals surface area contributed by atoms with Crippen molar-refractivity contribution in [3.05, 3.63) is 29.6 Å². The van der Waals surface area contributed by atoms with Gasteiger partial charge in [0, 0.05) is 0 Å². The highest BCUT2D eigenvalue weighted by Gasteiger charge is 2.48. The van der Waals surface area contributed by atoms with Gasteiger partial charge in [-0.3, -0.25) is 4.79 Å². The number of carboxylic acid groups (broad SMARTS) is 1. The Balaban J connectivity index is 2.25. The summed E-state index contributed by atoms with van der Waals surface area (Å²) in [6.07, 6.45) is 1.50. The van der Waals surface area contributed by atoms with Gasteiger partial charge in [-0.2, -0.15) is 0 Å². The Morgan fingerprint density at radius 2 is 2.11 bits per heavy atom. The number of para-hydroxylation sites is 1. The standard InChI is InChI=1S/C13H15FN2O3/c1-13(12(18)19,7-5-6-7)16-11(17)8-3-2-4-9(14)10(8)15/h2-4,7H,5-6,15H2,1H3,(H,16,17)(H,18,19). The molecule has 1 aromatic rings. The lowest BCUT2D eigenvalue weighted by atomic mass is 9.95. The number of rotatable bonds is 4. The first-order chi connectivity index (χ1) is 8.86. The Hall–Kier alpha value is -2.11. The molecule has 0 bridgehead atoms. The fraction of sp³-hybridized carbons (Fsp3) is 0.385. The van der Waals surface area contributed by atoms with Crippen molar-refractivity contribution in [1.29, 1.82) is 0 Å². The minimum atomic E-state index is -1.34. The minimum absolute atomic E-state index is 0.0480. The lowest BCUT2D eigenvalue weighted by molar-refractivity contribution is -0.144. The number of halogens is 1. The van der Waals surface area contributed by atoms with Crippen molar-refractivity contribution in [3.63, 3.8) is 0 Å². The van der Waals surface area contributed by atoms with Gasteiger partial charge in [0.2, 0.25) is 0 Å². The van der Waals surface area contributed by atoms with Crippen molar-refractivity contribution >= 4 is 17.6 Å². The van der Waals surface area contributed by atoms with Crippen molar-refractivity contribution in [1.82, 2.24) is 5.32 Å². The molecule has 0 spiro atoms. The van der Waals surface area contributed by atoms with Crippen molar-refractivity contribution in [3.8, 4) is 0 Å². The molecule has 19 heavy (non-hydrogen) atoms. The van der Waals surface area contributed by atoms with Crippen LogP contribution in [0, 0.1) is 11.7 Å². The number of carboxylic acids is 1. The number of aliphatic carboxylic acids is 1. The Bertz CT molecular complexity index is 543. The molecule has 1 amide bonds. The molecule has 4 N–H and O–H groups in total. The maximum Gasteiger partial charge on any atom is 0.329 e. The summed E-state index contributed by atoms with van der Waals surface area (Å²) < 4.78 is 13.3. The monoisotopic (exact) mass is 266 g/mol. The number of amides is 1. The summed E-state index contributed by atoms with van der Waals surface area (Å²) in [4.78, 5) is 23.4. The predicted octanol–water partition coefficient (Wildman–Crippen LogP) is 1.39. The minimum Gasteiger partial charge on any atom is -0.480 e. The van der Waals surface area contributed by atoms with Crippen molar-refractivity contribution in [2.24, 2.45) is 5.92 Å². The number of nitrogens with one attached hydrogen (secondary N) is 1. The second-order valence-electron chi connectivity index (χ2n) is 4.94. The highest BCUT2D eigenvalue weighted by atomic mass is 19.1. The highest BCUT2D eigenvalue weighted by Crippen LogP contribution is 2.40. The third kappa shape index (κ3) is 2.38. The molecule has 6 heteroatoms. The zero-order valence-electron chi connectivity index (χ0n) is 10.4. The van der Waals surface area contributed by atoms with Crippen LogP contribution in [0.25, 0.3) is 0 Å². The maximum absolute atomic E-state index is 13.3. The number of benzene rings is 1. The number of nitrogen functional groups attached to an aromatic ring is 1. The van der Waals surface area contributed by atoms with Crippen LogP contribution in [0.5, 0.6) is 0 Å². The fourth-order valence-electron chi connectivity index (χ4n) is 2.03. The van der Waals surface area contributed by atoms with E-state index < -0.39 is 23.2 Å². The van der Waals surface area contributed by atoms with E-state index in [0.29, 0.717) is 0 Å². The third-order valence-corrected chi connectivity index (χ3v) is 3.51. The Morgan fingerprint density at radius 3 is 2.63 bits per heavy atom. The molecule has 1 aromatic carbocycles. The largest absolute Gasteiger partial charge is 0.480 e. The topological polar surface area (TPSA) is 92.4 Å².